The Morgan fingerprint density at radius 3 is 2.60 bits per heavy atom. The first-order valence-corrected chi connectivity index (χ1v) is 4.72. The fourth-order valence-electron chi connectivity index (χ4n) is 1.15. The lowest BCUT2D eigenvalue weighted by molar-refractivity contribution is -0.149. The first-order valence-electron chi connectivity index (χ1n) is 4.72. The van der Waals surface area contributed by atoms with Crippen LogP contribution in [-0.2, 0) is 16.0 Å². The van der Waals surface area contributed by atoms with Gasteiger partial charge in [0.2, 0.25) is 6.17 Å². The number of alkyl halides is 1. The molecule has 4 heteroatoms. The van der Waals surface area contributed by atoms with E-state index in [1.165, 1.54) is 12.1 Å². The van der Waals surface area contributed by atoms with E-state index in [1.54, 1.807) is 19.1 Å². The van der Waals surface area contributed by atoms with Crippen LogP contribution in [0.1, 0.15) is 12.5 Å². The standard InChI is InChI=1S/C11H13FO3/c1-2-15-11(14)10(12)7-8-3-5-9(13)6-4-8/h3-6,10,13H,2,7H2,1H3. The lowest BCUT2D eigenvalue weighted by atomic mass is 10.1. The zero-order valence-corrected chi connectivity index (χ0v) is 8.44. The van der Waals surface area contributed by atoms with Crippen molar-refractivity contribution in [1.82, 2.24) is 0 Å². The quantitative estimate of drug-likeness (QED) is 0.774. The Kier molecular flexibility index (Phi) is 4.09. The number of benzene rings is 1. The first kappa shape index (κ1) is 11.5. The van der Waals surface area contributed by atoms with Crippen LogP contribution < -0.4 is 0 Å². The summed E-state index contributed by atoms with van der Waals surface area (Å²) < 4.78 is 17.8. The summed E-state index contributed by atoms with van der Waals surface area (Å²) in [5, 5.41) is 9.00. The predicted molar refractivity (Wildman–Crippen MR) is 53.3 cm³/mol. The van der Waals surface area contributed by atoms with E-state index < -0.39 is 12.1 Å². The van der Waals surface area contributed by atoms with Gasteiger partial charge in [-0.05, 0) is 24.6 Å². The molecule has 0 aliphatic carbocycles. The minimum absolute atomic E-state index is 0.0287. The molecule has 1 rings (SSSR count). The highest BCUT2D eigenvalue weighted by Gasteiger charge is 2.18. The van der Waals surface area contributed by atoms with E-state index in [2.05, 4.69) is 4.74 Å². The van der Waals surface area contributed by atoms with Gasteiger partial charge in [-0.3, -0.25) is 0 Å². The van der Waals surface area contributed by atoms with Crippen LogP contribution >= 0.6 is 0 Å². The van der Waals surface area contributed by atoms with Crippen molar-refractivity contribution >= 4 is 5.97 Å². The Labute approximate surface area is 87.5 Å². The molecule has 0 radical (unpaired) electrons. The van der Waals surface area contributed by atoms with Crippen LogP contribution in [0, 0.1) is 0 Å². The molecule has 1 N–H and O–H groups in total. The molecule has 0 fully saturated rings. The van der Waals surface area contributed by atoms with Crippen LogP contribution in [0.4, 0.5) is 4.39 Å². The van der Waals surface area contributed by atoms with Crippen LogP contribution in [0.15, 0.2) is 24.3 Å². The highest BCUT2D eigenvalue weighted by molar-refractivity contribution is 5.74. The molecule has 1 unspecified atom stereocenters. The Balaban J connectivity index is 2.54. The summed E-state index contributed by atoms with van der Waals surface area (Å²) in [6.07, 6.45) is -1.67. The number of ether oxygens (including phenoxy) is 1. The molecular weight excluding hydrogens is 199 g/mol. The molecule has 0 amide bonds. The lowest BCUT2D eigenvalue weighted by Crippen LogP contribution is -2.21. The van der Waals surface area contributed by atoms with Crippen molar-refractivity contribution in [2.45, 2.75) is 19.5 Å². The van der Waals surface area contributed by atoms with Gasteiger partial charge in [-0.15, -0.1) is 0 Å². The summed E-state index contributed by atoms with van der Waals surface area (Å²) in [7, 11) is 0. The second-order valence-electron chi connectivity index (χ2n) is 3.09. The van der Waals surface area contributed by atoms with Gasteiger partial charge in [0, 0.05) is 6.42 Å². The second-order valence-corrected chi connectivity index (χ2v) is 3.09. The zero-order valence-electron chi connectivity index (χ0n) is 8.44. The highest BCUT2D eigenvalue weighted by Crippen LogP contribution is 2.12. The Morgan fingerprint density at radius 2 is 2.07 bits per heavy atom. The number of phenols is 1. The second kappa shape index (κ2) is 5.34. The summed E-state index contributed by atoms with van der Waals surface area (Å²) in [4.78, 5) is 11.0. The van der Waals surface area contributed by atoms with Crippen LogP contribution in [0.5, 0.6) is 5.75 Å². The van der Waals surface area contributed by atoms with Gasteiger partial charge in [0.05, 0.1) is 6.61 Å². The molecule has 0 bridgehead atoms. The van der Waals surface area contributed by atoms with Crippen LogP contribution in [0.25, 0.3) is 0 Å². The van der Waals surface area contributed by atoms with Gasteiger partial charge in [-0.25, -0.2) is 9.18 Å². The van der Waals surface area contributed by atoms with Crippen LogP contribution in [0.3, 0.4) is 0 Å². The molecule has 0 aliphatic rings. The summed E-state index contributed by atoms with van der Waals surface area (Å²) in [6.45, 7) is 1.81. The van der Waals surface area contributed by atoms with Gasteiger partial charge < -0.3 is 9.84 Å². The smallest absolute Gasteiger partial charge is 0.341 e. The molecule has 0 aliphatic heterocycles. The number of phenolic OH excluding ortho intramolecular Hbond substituents is 1. The molecule has 15 heavy (non-hydrogen) atoms. The van der Waals surface area contributed by atoms with E-state index in [0.29, 0.717) is 5.56 Å². The van der Waals surface area contributed by atoms with E-state index in [4.69, 9.17) is 5.11 Å². The van der Waals surface area contributed by atoms with Crippen molar-refractivity contribution in [3.63, 3.8) is 0 Å². The minimum Gasteiger partial charge on any atom is -0.508 e. The summed E-state index contributed by atoms with van der Waals surface area (Å²) >= 11 is 0. The number of hydrogen-bond acceptors (Lipinski definition) is 3. The van der Waals surface area contributed by atoms with Gasteiger partial charge in [0.15, 0.2) is 0 Å². The number of esters is 1. The number of carbonyl (C=O) groups is 1. The van der Waals surface area contributed by atoms with Crippen molar-refractivity contribution in [3.05, 3.63) is 29.8 Å². The molecule has 1 atom stereocenters. The Bertz CT molecular complexity index is 321. The van der Waals surface area contributed by atoms with Gasteiger partial charge in [-0.2, -0.15) is 0 Å². The number of carbonyl (C=O) groups excluding carboxylic acids is 1. The summed E-state index contributed by atoms with van der Waals surface area (Å²) in [6, 6.07) is 6.04. The van der Waals surface area contributed by atoms with E-state index in [9.17, 15) is 9.18 Å². The SMILES string of the molecule is CCOC(=O)C(F)Cc1ccc(O)cc1. The molecule has 0 saturated carbocycles. The predicted octanol–water partition coefficient (Wildman–Crippen LogP) is 1.84. The molecule has 1 aromatic carbocycles. The Hall–Kier alpha value is -1.58. The summed E-state index contributed by atoms with van der Waals surface area (Å²) in [5.41, 5.74) is 0.647. The van der Waals surface area contributed by atoms with E-state index in [1.807, 2.05) is 0 Å². The van der Waals surface area contributed by atoms with E-state index in [0.717, 1.165) is 0 Å². The van der Waals surface area contributed by atoms with Crippen LogP contribution in [0.2, 0.25) is 0 Å². The monoisotopic (exact) mass is 212 g/mol. The largest absolute Gasteiger partial charge is 0.508 e. The molecular formula is C11H13FO3. The van der Waals surface area contributed by atoms with E-state index >= 15 is 0 Å². The molecule has 3 nitrogen and oxygen atoms in total. The number of hydrogen-bond donors (Lipinski definition) is 1. The summed E-state index contributed by atoms with van der Waals surface area (Å²) in [5.74, 6) is -0.726. The number of aromatic hydroxyl groups is 1. The molecule has 0 heterocycles. The molecule has 0 saturated heterocycles. The topological polar surface area (TPSA) is 46.5 Å². The van der Waals surface area contributed by atoms with Crippen molar-refractivity contribution in [2.24, 2.45) is 0 Å². The van der Waals surface area contributed by atoms with Crippen LogP contribution in [-0.4, -0.2) is 23.9 Å². The van der Waals surface area contributed by atoms with Gasteiger partial charge in [0.25, 0.3) is 0 Å². The minimum atomic E-state index is -1.64. The van der Waals surface area contributed by atoms with Crippen molar-refractivity contribution in [3.8, 4) is 5.75 Å². The Morgan fingerprint density at radius 1 is 1.47 bits per heavy atom. The first-order chi connectivity index (χ1) is 7.13. The molecule has 0 spiro atoms. The van der Waals surface area contributed by atoms with Crippen molar-refractivity contribution in [2.75, 3.05) is 6.61 Å². The third-order valence-electron chi connectivity index (χ3n) is 1.89. The molecule has 1 aromatic rings. The maximum atomic E-state index is 13.2. The van der Waals surface area contributed by atoms with Gasteiger partial charge >= 0.3 is 5.97 Å². The van der Waals surface area contributed by atoms with Crippen molar-refractivity contribution in [1.29, 1.82) is 0 Å². The third-order valence-corrected chi connectivity index (χ3v) is 1.89. The molecule has 82 valence electrons. The van der Waals surface area contributed by atoms with Gasteiger partial charge in [-0.1, -0.05) is 12.1 Å². The average Bonchev–Trinajstić information content (AvgIpc) is 2.22. The normalized spacial score (nSPS) is 12.1. The average molecular weight is 212 g/mol. The number of halogens is 1. The van der Waals surface area contributed by atoms with Crippen molar-refractivity contribution < 1.29 is 19.0 Å². The lowest BCUT2D eigenvalue weighted by Gasteiger charge is -2.07. The van der Waals surface area contributed by atoms with E-state index in [-0.39, 0.29) is 18.8 Å². The molecule has 0 aromatic heterocycles. The van der Waals surface area contributed by atoms with Gasteiger partial charge in [0.1, 0.15) is 5.75 Å². The third kappa shape index (κ3) is 3.58. The fourth-order valence-corrected chi connectivity index (χ4v) is 1.15. The maximum Gasteiger partial charge on any atom is 0.341 e. The maximum absolute atomic E-state index is 13.2. The highest BCUT2D eigenvalue weighted by atomic mass is 19.1. The fraction of sp³-hybridized carbons (Fsp3) is 0.364. The number of rotatable bonds is 4. The zero-order chi connectivity index (χ0) is 11.3.